The van der Waals surface area contributed by atoms with Crippen molar-refractivity contribution in [3.05, 3.63) is 29.8 Å². The van der Waals surface area contributed by atoms with Gasteiger partial charge in [-0.1, -0.05) is 13.8 Å². The molecular weight excluding hydrogens is 242 g/mol. The molecule has 2 rings (SSSR count). The van der Waals surface area contributed by atoms with E-state index in [4.69, 9.17) is 4.74 Å². The number of nitrogens with one attached hydrogen (secondary N) is 2. The third-order valence-corrected chi connectivity index (χ3v) is 2.41. The van der Waals surface area contributed by atoms with Crippen LogP contribution in [-0.4, -0.2) is 26.7 Å². The Morgan fingerprint density at radius 1 is 1.32 bits per heavy atom. The molecule has 0 atom stereocenters. The van der Waals surface area contributed by atoms with Crippen molar-refractivity contribution in [2.45, 2.75) is 27.3 Å². The maximum Gasteiger partial charge on any atom is 0.240 e. The molecule has 0 aliphatic rings. The second-order valence-corrected chi connectivity index (χ2v) is 4.86. The van der Waals surface area contributed by atoms with Crippen LogP contribution in [-0.2, 0) is 6.54 Å². The van der Waals surface area contributed by atoms with Crippen LogP contribution >= 0.6 is 0 Å². The Morgan fingerprint density at radius 2 is 2.16 bits per heavy atom. The summed E-state index contributed by atoms with van der Waals surface area (Å²) in [5.74, 6) is 1.56. The Bertz CT molecular complexity index is 523. The standard InChI is InChI=1S/C13H19N5O/c1-9(2)5-14-6-11-7-15-8-13(16-11)19-12-4-10(3)17-18-12/h4,7-9,14H,5-6H2,1-3H3,(H,17,18). The highest BCUT2D eigenvalue weighted by Gasteiger charge is 2.04. The van der Waals surface area contributed by atoms with Gasteiger partial charge in [-0.3, -0.25) is 10.1 Å². The molecule has 2 N–H and O–H groups in total. The summed E-state index contributed by atoms with van der Waals surface area (Å²) in [6.07, 6.45) is 3.31. The zero-order chi connectivity index (χ0) is 13.7. The van der Waals surface area contributed by atoms with E-state index >= 15 is 0 Å². The molecule has 2 heterocycles. The molecule has 0 aliphatic heterocycles. The van der Waals surface area contributed by atoms with Gasteiger partial charge in [0.05, 0.1) is 11.9 Å². The van der Waals surface area contributed by atoms with Crippen LogP contribution in [0.5, 0.6) is 11.8 Å². The van der Waals surface area contributed by atoms with Gasteiger partial charge in [-0.2, -0.15) is 0 Å². The summed E-state index contributed by atoms with van der Waals surface area (Å²) >= 11 is 0. The highest BCUT2D eigenvalue weighted by atomic mass is 16.5. The fourth-order valence-corrected chi connectivity index (χ4v) is 1.56. The third kappa shape index (κ3) is 4.33. The summed E-state index contributed by atoms with van der Waals surface area (Å²) < 4.78 is 5.52. The summed E-state index contributed by atoms with van der Waals surface area (Å²) in [7, 11) is 0. The van der Waals surface area contributed by atoms with Crippen LogP contribution in [0.1, 0.15) is 25.2 Å². The Hall–Kier alpha value is -1.95. The molecule has 6 nitrogen and oxygen atoms in total. The van der Waals surface area contributed by atoms with Gasteiger partial charge >= 0.3 is 0 Å². The highest BCUT2D eigenvalue weighted by molar-refractivity contribution is 5.19. The average molecular weight is 261 g/mol. The van der Waals surface area contributed by atoms with E-state index in [-0.39, 0.29) is 0 Å². The van der Waals surface area contributed by atoms with Crippen LogP contribution in [0, 0.1) is 12.8 Å². The second kappa shape index (κ2) is 6.29. The van der Waals surface area contributed by atoms with Gasteiger partial charge in [0.15, 0.2) is 0 Å². The summed E-state index contributed by atoms with van der Waals surface area (Å²) in [5.41, 5.74) is 1.79. The quantitative estimate of drug-likeness (QED) is 0.832. The van der Waals surface area contributed by atoms with Crippen molar-refractivity contribution in [3.8, 4) is 11.8 Å². The number of H-pyrrole nitrogens is 1. The number of hydrogen-bond donors (Lipinski definition) is 2. The Labute approximate surface area is 112 Å². The van der Waals surface area contributed by atoms with Crippen molar-refractivity contribution in [3.63, 3.8) is 0 Å². The van der Waals surface area contributed by atoms with Gasteiger partial charge < -0.3 is 10.1 Å². The normalized spacial score (nSPS) is 10.9. The summed E-state index contributed by atoms with van der Waals surface area (Å²) in [4.78, 5) is 8.49. The Morgan fingerprint density at radius 3 is 2.84 bits per heavy atom. The number of aromatic amines is 1. The van der Waals surface area contributed by atoms with Gasteiger partial charge in [0.1, 0.15) is 0 Å². The van der Waals surface area contributed by atoms with Crippen LogP contribution < -0.4 is 10.1 Å². The number of ether oxygens (including phenoxy) is 1. The van der Waals surface area contributed by atoms with Crippen LogP contribution in [0.25, 0.3) is 0 Å². The van der Waals surface area contributed by atoms with E-state index in [2.05, 4.69) is 39.3 Å². The maximum atomic E-state index is 5.52. The summed E-state index contributed by atoms with van der Waals surface area (Å²) in [5, 5.41) is 10.1. The van der Waals surface area contributed by atoms with Crippen molar-refractivity contribution in [1.82, 2.24) is 25.5 Å². The predicted octanol–water partition coefficient (Wildman–Crippen LogP) is 2.05. The molecule has 0 fully saturated rings. The molecular formula is C13H19N5O. The van der Waals surface area contributed by atoms with Crippen molar-refractivity contribution in [2.75, 3.05) is 6.54 Å². The summed E-state index contributed by atoms with van der Waals surface area (Å²) in [6, 6.07) is 1.81. The van der Waals surface area contributed by atoms with Gasteiger partial charge in [0, 0.05) is 24.5 Å². The lowest BCUT2D eigenvalue weighted by molar-refractivity contribution is 0.437. The predicted molar refractivity (Wildman–Crippen MR) is 72.0 cm³/mol. The van der Waals surface area contributed by atoms with E-state index < -0.39 is 0 Å². The van der Waals surface area contributed by atoms with Crippen LogP contribution in [0.2, 0.25) is 0 Å². The highest BCUT2D eigenvalue weighted by Crippen LogP contribution is 2.16. The number of hydrogen-bond acceptors (Lipinski definition) is 5. The minimum Gasteiger partial charge on any atom is -0.417 e. The molecule has 0 bridgehead atoms. The molecule has 0 amide bonds. The molecule has 0 spiro atoms. The molecule has 2 aromatic heterocycles. The molecule has 19 heavy (non-hydrogen) atoms. The van der Waals surface area contributed by atoms with Gasteiger partial charge in [-0.15, -0.1) is 5.10 Å². The maximum absolute atomic E-state index is 5.52. The van der Waals surface area contributed by atoms with Gasteiger partial charge in [-0.05, 0) is 19.4 Å². The van der Waals surface area contributed by atoms with E-state index in [1.165, 1.54) is 0 Å². The molecule has 0 radical (unpaired) electrons. The first kappa shape index (κ1) is 13.5. The van der Waals surface area contributed by atoms with E-state index in [1.807, 2.05) is 13.0 Å². The second-order valence-electron chi connectivity index (χ2n) is 4.86. The number of rotatable bonds is 6. The number of aromatic nitrogens is 4. The lowest BCUT2D eigenvalue weighted by Crippen LogP contribution is -2.19. The topological polar surface area (TPSA) is 75.7 Å². The molecule has 102 valence electrons. The molecule has 6 heteroatoms. The summed E-state index contributed by atoms with van der Waals surface area (Å²) in [6.45, 7) is 7.88. The molecule has 0 aliphatic carbocycles. The number of nitrogens with zero attached hydrogens (tertiary/aromatic N) is 3. The van der Waals surface area contributed by atoms with Gasteiger partial charge in [0.25, 0.3) is 0 Å². The van der Waals surface area contributed by atoms with Crippen molar-refractivity contribution in [2.24, 2.45) is 5.92 Å². The molecule has 2 aromatic rings. The van der Waals surface area contributed by atoms with Gasteiger partial charge in [-0.25, -0.2) is 4.98 Å². The minimum atomic E-state index is 0.454. The van der Waals surface area contributed by atoms with E-state index in [1.54, 1.807) is 12.4 Å². The monoisotopic (exact) mass is 261 g/mol. The largest absolute Gasteiger partial charge is 0.417 e. The molecule has 0 saturated heterocycles. The van der Waals surface area contributed by atoms with Crippen LogP contribution in [0.15, 0.2) is 18.5 Å². The van der Waals surface area contributed by atoms with Crippen LogP contribution in [0.3, 0.4) is 0 Å². The third-order valence-electron chi connectivity index (χ3n) is 2.41. The zero-order valence-electron chi connectivity index (χ0n) is 11.5. The van der Waals surface area contributed by atoms with E-state index in [9.17, 15) is 0 Å². The Balaban J connectivity index is 1.95. The molecule has 0 aromatic carbocycles. The minimum absolute atomic E-state index is 0.454. The van der Waals surface area contributed by atoms with E-state index in [0.717, 1.165) is 17.9 Å². The fraction of sp³-hybridized carbons (Fsp3) is 0.462. The van der Waals surface area contributed by atoms with E-state index in [0.29, 0.717) is 24.2 Å². The van der Waals surface area contributed by atoms with Crippen molar-refractivity contribution >= 4 is 0 Å². The first-order valence-electron chi connectivity index (χ1n) is 6.35. The average Bonchev–Trinajstić information content (AvgIpc) is 2.75. The SMILES string of the molecule is Cc1cc(Oc2cncc(CNCC(C)C)n2)n[nH]1. The fourth-order valence-electron chi connectivity index (χ4n) is 1.56. The van der Waals surface area contributed by atoms with Gasteiger partial charge in [0.2, 0.25) is 11.8 Å². The first-order valence-corrected chi connectivity index (χ1v) is 6.35. The number of aryl methyl sites for hydroxylation is 1. The van der Waals surface area contributed by atoms with Crippen molar-refractivity contribution in [1.29, 1.82) is 0 Å². The van der Waals surface area contributed by atoms with Crippen LogP contribution in [0.4, 0.5) is 0 Å². The molecule has 0 saturated carbocycles. The van der Waals surface area contributed by atoms with Crippen molar-refractivity contribution < 1.29 is 4.74 Å². The lowest BCUT2D eigenvalue weighted by atomic mass is 10.2. The first-order chi connectivity index (χ1) is 9.13. The Kier molecular flexibility index (Phi) is 4.46. The zero-order valence-corrected chi connectivity index (χ0v) is 11.5. The molecule has 0 unspecified atom stereocenters. The lowest BCUT2D eigenvalue weighted by Gasteiger charge is -2.07. The smallest absolute Gasteiger partial charge is 0.240 e.